The Balaban J connectivity index is 1.49. The van der Waals surface area contributed by atoms with E-state index in [1.807, 2.05) is 31.3 Å². The number of hydrogen-bond donors (Lipinski definition) is 2. The quantitative estimate of drug-likeness (QED) is 0.324. The third kappa shape index (κ3) is 4.47. The topological polar surface area (TPSA) is 93.4 Å². The number of anilines is 1. The van der Waals surface area contributed by atoms with Crippen molar-refractivity contribution in [2.24, 2.45) is 0 Å². The minimum Gasteiger partial charge on any atom is -0.352 e. The second kappa shape index (κ2) is 9.57. The van der Waals surface area contributed by atoms with Crippen molar-refractivity contribution in [1.82, 2.24) is 35.3 Å². The van der Waals surface area contributed by atoms with E-state index in [1.54, 1.807) is 17.1 Å². The Kier molecular flexibility index (Phi) is 6.19. The molecule has 0 saturated carbocycles. The molecule has 0 fully saturated rings. The number of aromatic nitrogens is 6. The molecule has 5 aromatic rings. The van der Waals surface area contributed by atoms with Crippen LogP contribution in [0.15, 0.2) is 55.1 Å². The Morgan fingerprint density at radius 1 is 1.09 bits per heavy atom. The Morgan fingerprint density at radius 3 is 2.82 bits per heavy atom. The Labute approximate surface area is 197 Å². The molecule has 4 heterocycles. The van der Waals surface area contributed by atoms with Crippen LogP contribution in [0.5, 0.6) is 0 Å². The van der Waals surface area contributed by atoms with E-state index in [1.165, 1.54) is 23.6 Å². The average Bonchev–Trinajstić information content (AvgIpc) is 3.51. The van der Waals surface area contributed by atoms with Crippen LogP contribution in [0.1, 0.15) is 5.56 Å². The summed E-state index contributed by atoms with van der Waals surface area (Å²) in [6.07, 6.45) is 6.05. The summed E-state index contributed by atoms with van der Waals surface area (Å²) in [5.74, 6) is -0.741. The van der Waals surface area contributed by atoms with E-state index in [0.29, 0.717) is 30.5 Å². The summed E-state index contributed by atoms with van der Waals surface area (Å²) in [5, 5.41) is 14.8. The molecule has 0 aliphatic heterocycles. The molecule has 0 amide bonds. The van der Waals surface area contributed by atoms with E-state index in [2.05, 4.69) is 35.9 Å². The van der Waals surface area contributed by atoms with Gasteiger partial charge in [0.15, 0.2) is 5.82 Å². The van der Waals surface area contributed by atoms with Gasteiger partial charge in [0.05, 0.1) is 23.8 Å². The highest BCUT2D eigenvalue weighted by Crippen LogP contribution is 2.40. The zero-order valence-corrected chi connectivity index (χ0v) is 19.0. The average molecular weight is 479 g/mol. The molecule has 11 heteroatoms. The first-order valence-corrected chi connectivity index (χ1v) is 11.4. The van der Waals surface area contributed by atoms with Gasteiger partial charge in [0.2, 0.25) is 11.9 Å². The highest BCUT2D eigenvalue weighted by molar-refractivity contribution is 7.22. The van der Waals surface area contributed by atoms with Crippen LogP contribution in [0.25, 0.3) is 31.8 Å². The van der Waals surface area contributed by atoms with Crippen molar-refractivity contribution in [2.45, 2.75) is 13.1 Å². The minimum atomic E-state index is -0.549. The smallest absolute Gasteiger partial charge is 0.223 e. The molecular formula is C23H20F2N8S. The van der Waals surface area contributed by atoms with Gasteiger partial charge in [0.25, 0.3) is 0 Å². The molecule has 0 aliphatic rings. The third-order valence-corrected chi connectivity index (χ3v) is 6.42. The summed E-state index contributed by atoms with van der Waals surface area (Å²) in [4.78, 5) is 12.9. The van der Waals surface area contributed by atoms with Crippen LogP contribution in [0.3, 0.4) is 0 Å². The van der Waals surface area contributed by atoms with Crippen molar-refractivity contribution >= 4 is 27.4 Å². The van der Waals surface area contributed by atoms with Crippen LogP contribution < -0.4 is 10.6 Å². The van der Waals surface area contributed by atoms with E-state index in [0.717, 1.165) is 33.0 Å². The van der Waals surface area contributed by atoms with E-state index >= 15 is 0 Å². The number of nitrogens with one attached hydrogen (secondary N) is 2. The Bertz CT molecular complexity index is 1430. The lowest BCUT2D eigenvalue weighted by molar-refractivity contribution is 0.582. The predicted octanol–water partition coefficient (Wildman–Crippen LogP) is 4.12. The zero-order valence-electron chi connectivity index (χ0n) is 18.2. The van der Waals surface area contributed by atoms with Gasteiger partial charge in [-0.15, -0.1) is 16.4 Å². The fourth-order valence-electron chi connectivity index (χ4n) is 3.69. The van der Waals surface area contributed by atoms with Crippen LogP contribution in [0.4, 0.5) is 14.7 Å². The summed E-state index contributed by atoms with van der Waals surface area (Å²) in [5.41, 5.74) is 2.70. The fraction of sp³-hybridized carbons (Fsp3) is 0.174. The molecule has 0 aliphatic carbocycles. The van der Waals surface area contributed by atoms with Gasteiger partial charge >= 0.3 is 0 Å². The van der Waals surface area contributed by atoms with Gasteiger partial charge in [-0.05, 0) is 29.6 Å². The van der Waals surface area contributed by atoms with Crippen molar-refractivity contribution in [2.75, 3.05) is 18.9 Å². The second-order valence-electron chi connectivity index (χ2n) is 7.51. The largest absolute Gasteiger partial charge is 0.352 e. The van der Waals surface area contributed by atoms with Crippen LogP contribution >= 0.6 is 11.3 Å². The first-order chi connectivity index (χ1) is 16.6. The lowest BCUT2D eigenvalue weighted by atomic mass is 10.0. The molecule has 0 radical (unpaired) electrons. The predicted molar refractivity (Wildman–Crippen MR) is 127 cm³/mol. The maximum atomic E-state index is 14.7. The Hall–Kier alpha value is -3.83. The highest BCUT2D eigenvalue weighted by Gasteiger charge is 2.17. The Morgan fingerprint density at radius 2 is 2.00 bits per heavy atom. The third-order valence-electron chi connectivity index (χ3n) is 5.23. The molecule has 172 valence electrons. The summed E-state index contributed by atoms with van der Waals surface area (Å²) in [6.45, 7) is 1.62. The van der Waals surface area contributed by atoms with Crippen LogP contribution in [0.2, 0.25) is 0 Å². The van der Waals surface area contributed by atoms with Gasteiger partial charge in [-0.2, -0.15) is 4.39 Å². The van der Waals surface area contributed by atoms with Crippen molar-refractivity contribution in [1.29, 1.82) is 0 Å². The fourth-order valence-corrected chi connectivity index (χ4v) is 4.87. The van der Waals surface area contributed by atoms with Crippen molar-refractivity contribution in [3.63, 3.8) is 0 Å². The number of pyridine rings is 1. The molecule has 0 unspecified atom stereocenters. The van der Waals surface area contributed by atoms with E-state index in [4.69, 9.17) is 0 Å². The number of fused-ring (bicyclic) bond motifs is 1. The molecule has 8 nitrogen and oxygen atoms in total. The lowest BCUT2D eigenvalue weighted by Crippen LogP contribution is -2.13. The maximum Gasteiger partial charge on any atom is 0.223 e. The summed E-state index contributed by atoms with van der Waals surface area (Å²) >= 11 is 1.41. The molecule has 1 aromatic carbocycles. The van der Waals surface area contributed by atoms with Crippen molar-refractivity contribution < 1.29 is 8.78 Å². The van der Waals surface area contributed by atoms with Gasteiger partial charge in [0, 0.05) is 41.8 Å². The molecule has 0 bridgehead atoms. The first-order valence-electron chi connectivity index (χ1n) is 10.5. The molecule has 0 saturated heterocycles. The van der Waals surface area contributed by atoms with Gasteiger partial charge in [-0.3, -0.25) is 4.68 Å². The molecule has 0 atom stereocenters. The SMILES string of the molecule is CNCc1cnc(F)cc1-c1cccc2cc(-c3nc(NCCn4ccnn4)ncc3F)sc12. The number of benzene rings is 1. The number of nitrogens with zero attached hydrogens (tertiary/aromatic N) is 6. The van der Waals surface area contributed by atoms with Crippen LogP contribution in [-0.2, 0) is 13.1 Å². The number of thiophene rings is 1. The van der Waals surface area contributed by atoms with Crippen LogP contribution in [-0.4, -0.2) is 43.5 Å². The summed E-state index contributed by atoms with van der Waals surface area (Å²) < 4.78 is 31.3. The standard InChI is InChI=1S/C23H20F2N8S/c1-26-11-15-12-28-20(25)10-17(15)16-4-2-3-14-9-19(34-22(14)16)21-18(24)13-29-23(31-21)27-5-7-33-8-6-30-32-33/h2-4,6,8-10,12-13,26H,5,7,11H2,1H3,(H,27,29,31). The van der Waals surface area contributed by atoms with Gasteiger partial charge in [-0.1, -0.05) is 23.4 Å². The van der Waals surface area contributed by atoms with Gasteiger partial charge in [0.1, 0.15) is 5.69 Å². The minimum absolute atomic E-state index is 0.210. The second-order valence-corrected chi connectivity index (χ2v) is 8.56. The van der Waals surface area contributed by atoms with Crippen molar-refractivity contribution in [3.05, 3.63) is 72.4 Å². The normalized spacial score (nSPS) is 11.3. The molecule has 5 rings (SSSR count). The van der Waals surface area contributed by atoms with Gasteiger partial charge < -0.3 is 10.6 Å². The van der Waals surface area contributed by atoms with E-state index < -0.39 is 11.8 Å². The van der Waals surface area contributed by atoms with Gasteiger partial charge in [-0.25, -0.2) is 19.3 Å². The monoisotopic (exact) mass is 478 g/mol. The summed E-state index contributed by atoms with van der Waals surface area (Å²) in [7, 11) is 1.83. The van der Waals surface area contributed by atoms with Crippen molar-refractivity contribution in [3.8, 4) is 21.7 Å². The highest BCUT2D eigenvalue weighted by atomic mass is 32.1. The van der Waals surface area contributed by atoms with E-state index in [9.17, 15) is 8.78 Å². The summed E-state index contributed by atoms with van der Waals surface area (Å²) in [6, 6.07) is 9.12. The number of halogens is 2. The van der Waals surface area contributed by atoms with Crippen LogP contribution in [0, 0.1) is 11.8 Å². The lowest BCUT2D eigenvalue weighted by Gasteiger charge is -2.10. The zero-order chi connectivity index (χ0) is 23.5. The molecule has 34 heavy (non-hydrogen) atoms. The number of rotatable bonds is 8. The molecule has 4 aromatic heterocycles. The number of hydrogen-bond acceptors (Lipinski definition) is 8. The maximum absolute atomic E-state index is 14.7. The van der Waals surface area contributed by atoms with E-state index in [-0.39, 0.29) is 5.69 Å². The first kappa shape index (κ1) is 22.0. The molecule has 2 N–H and O–H groups in total. The molecular weight excluding hydrogens is 458 g/mol. The molecule has 0 spiro atoms.